The molecule has 0 radical (unpaired) electrons. The third-order valence-corrected chi connectivity index (χ3v) is 5.57. The zero-order valence-corrected chi connectivity index (χ0v) is 12.7. The van der Waals surface area contributed by atoms with Crippen molar-refractivity contribution in [3.8, 4) is 0 Å². The Kier molecular flexibility index (Phi) is 6.39. The van der Waals surface area contributed by atoms with E-state index in [0.29, 0.717) is 5.41 Å². The van der Waals surface area contributed by atoms with Gasteiger partial charge in [0.1, 0.15) is 0 Å². The summed E-state index contributed by atoms with van der Waals surface area (Å²) in [4.78, 5) is 4.73. The summed E-state index contributed by atoms with van der Waals surface area (Å²) < 4.78 is 0. The average molecular weight is 256 g/mol. The van der Waals surface area contributed by atoms with Gasteiger partial charge in [-0.15, -0.1) is 0 Å². The van der Waals surface area contributed by atoms with E-state index in [9.17, 15) is 0 Å². The summed E-state index contributed by atoms with van der Waals surface area (Å²) in [7, 11) is 0. The normalized spacial score (nSPS) is 19.2. The topological polar surface area (TPSA) is 24.4 Å². The minimum Gasteiger partial charge on any atom is -0.365 e. The maximum atomic E-state index is 4.73. The Labute approximate surface area is 111 Å². The summed E-state index contributed by atoms with van der Waals surface area (Å²) in [5, 5.41) is 4.70. The largest absolute Gasteiger partial charge is 0.365 e. The molecule has 0 bridgehead atoms. The lowest BCUT2D eigenvalue weighted by Gasteiger charge is -2.33. The molecule has 0 aromatic carbocycles. The molecule has 1 N–H and O–H groups in total. The maximum Gasteiger partial charge on any atom is 0.156 e. The number of hydrogen-bond acceptors (Lipinski definition) is 3. The van der Waals surface area contributed by atoms with Crippen LogP contribution in [0, 0.1) is 11.3 Å². The molecule has 0 unspecified atom stereocenters. The van der Waals surface area contributed by atoms with Crippen LogP contribution >= 0.6 is 11.8 Å². The first-order valence-electron chi connectivity index (χ1n) is 7.10. The van der Waals surface area contributed by atoms with E-state index in [1.807, 2.05) is 11.8 Å². The van der Waals surface area contributed by atoms with Crippen molar-refractivity contribution in [3.05, 3.63) is 0 Å². The van der Waals surface area contributed by atoms with Gasteiger partial charge in [0.05, 0.1) is 0 Å². The van der Waals surface area contributed by atoms with E-state index in [2.05, 4.69) is 33.0 Å². The Morgan fingerprint density at radius 1 is 1.24 bits per heavy atom. The van der Waals surface area contributed by atoms with Crippen molar-refractivity contribution in [1.82, 2.24) is 5.32 Å². The second-order valence-electron chi connectivity index (χ2n) is 5.18. The van der Waals surface area contributed by atoms with Crippen molar-refractivity contribution in [2.45, 2.75) is 53.4 Å². The molecule has 2 nitrogen and oxygen atoms in total. The predicted molar refractivity (Wildman–Crippen MR) is 79.8 cm³/mol. The molecule has 0 amide bonds. The van der Waals surface area contributed by atoms with Crippen LogP contribution in [0.4, 0.5) is 0 Å². The predicted octanol–water partition coefficient (Wildman–Crippen LogP) is 3.92. The van der Waals surface area contributed by atoms with Gasteiger partial charge in [0.2, 0.25) is 0 Å². The van der Waals surface area contributed by atoms with E-state index in [-0.39, 0.29) is 0 Å². The van der Waals surface area contributed by atoms with E-state index in [4.69, 9.17) is 4.99 Å². The summed E-state index contributed by atoms with van der Waals surface area (Å²) >= 11 is 1.92. The van der Waals surface area contributed by atoms with Crippen molar-refractivity contribution < 1.29 is 0 Å². The van der Waals surface area contributed by atoms with Crippen molar-refractivity contribution in [3.63, 3.8) is 0 Å². The fourth-order valence-corrected chi connectivity index (χ4v) is 3.43. The van der Waals surface area contributed by atoms with Crippen molar-refractivity contribution in [1.29, 1.82) is 0 Å². The molecular weight excluding hydrogens is 228 g/mol. The highest BCUT2D eigenvalue weighted by Crippen LogP contribution is 2.34. The molecule has 1 aliphatic heterocycles. The molecule has 1 rings (SSSR count). The van der Waals surface area contributed by atoms with Crippen LogP contribution in [0.3, 0.4) is 0 Å². The second-order valence-corrected chi connectivity index (χ2v) is 6.14. The van der Waals surface area contributed by atoms with Crippen LogP contribution in [0.25, 0.3) is 0 Å². The summed E-state index contributed by atoms with van der Waals surface area (Å²) in [5.74, 6) is 2.02. The lowest BCUT2D eigenvalue weighted by atomic mass is 9.84. The molecule has 3 heteroatoms. The highest BCUT2D eigenvalue weighted by molar-refractivity contribution is 8.13. The zero-order valence-electron chi connectivity index (χ0n) is 11.9. The lowest BCUT2D eigenvalue weighted by Crippen LogP contribution is -2.36. The van der Waals surface area contributed by atoms with E-state index in [1.165, 1.54) is 36.6 Å². The van der Waals surface area contributed by atoms with E-state index >= 15 is 0 Å². The van der Waals surface area contributed by atoms with Gasteiger partial charge in [-0.2, -0.15) is 0 Å². The van der Waals surface area contributed by atoms with Gasteiger partial charge in [-0.05, 0) is 24.2 Å². The Bertz CT molecular complexity index is 243. The molecule has 0 aromatic heterocycles. The fourth-order valence-electron chi connectivity index (χ4n) is 2.15. The first-order chi connectivity index (χ1) is 8.19. The van der Waals surface area contributed by atoms with Gasteiger partial charge < -0.3 is 5.32 Å². The molecule has 1 heterocycles. The smallest absolute Gasteiger partial charge is 0.156 e. The number of thioether (sulfide) groups is 1. The fraction of sp³-hybridized carbons (Fsp3) is 0.929. The second kappa shape index (κ2) is 7.30. The van der Waals surface area contributed by atoms with Gasteiger partial charge in [0.15, 0.2) is 5.17 Å². The third kappa shape index (κ3) is 4.20. The highest BCUT2D eigenvalue weighted by atomic mass is 32.2. The molecule has 0 fully saturated rings. The van der Waals surface area contributed by atoms with Crippen molar-refractivity contribution in [2.75, 3.05) is 18.8 Å². The molecule has 0 aromatic rings. The van der Waals surface area contributed by atoms with Gasteiger partial charge in [0, 0.05) is 18.8 Å². The van der Waals surface area contributed by atoms with Crippen molar-refractivity contribution >= 4 is 16.9 Å². The summed E-state index contributed by atoms with van der Waals surface area (Å²) in [6, 6.07) is 0. The van der Waals surface area contributed by atoms with Gasteiger partial charge in [-0.1, -0.05) is 52.3 Å². The quantitative estimate of drug-likeness (QED) is 0.779. The van der Waals surface area contributed by atoms with Gasteiger partial charge >= 0.3 is 0 Å². The zero-order chi connectivity index (χ0) is 12.7. The van der Waals surface area contributed by atoms with Crippen LogP contribution in [0.5, 0.6) is 0 Å². The van der Waals surface area contributed by atoms with Crippen LogP contribution < -0.4 is 5.32 Å². The molecule has 17 heavy (non-hydrogen) atoms. The first-order valence-corrected chi connectivity index (χ1v) is 8.09. The minimum atomic E-state index is 0.463. The van der Waals surface area contributed by atoms with E-state index in [0.717, 1.165) is 19.0 Å². The number of nitrogens with one attached hydrogen (secondary N) is 1. The monoisotopic (exact) mass is 256 g/mol. The highest BCUT2D eigenvalue weighted by Gasteiger charge is 2.30. The number of nitrogens with zero attached hydrogens (tertiary/aromatic N) is 1. The summed E-state index contributed by atoms with van der Waals surface area (Å²) in [5.41, 5.74) is 0.463. The minimum absolute atomic E-state index is 0.463. The van der Waals surface area contributed by atoms with Crippen molar-refractivity contribution in [2.24, 2.45) is 16.3 Å². The van der Waals surface area contributed by atoms with E-state index < -0.39 is 0 Å². The van der Waals surface area contributed by atoms with Gasteiger partial charge in [-0.3, -0.25) is 4.99 Å². The third-order valence-electron chi connectivity index (χ3n) is 4.27. The Balaban J connectivity index is 2.40. The summed E-state index contributed by atoms with van der Waals surface area (Å²) in [6.07, 6.45) is 5.02. The number of amidine groups is 1. The van der Waals surface area contributed by atoms with Crippen LogP contribution in [0.15, 0.2) is 4.99 Å². The van der Waals surface area contributed by atoms with Crippen LogP contribution in [0.2, 0.25) is 0 Å². The summed E-state index contributed by atoms with van der Waals surface area (Å²) in [6.45, 7) is 11.2. The van der Waals surface area contributed by atoms with Gasteiger partial charge in [-0.25, -0.2) is 0 Å². The molecule has 0 atom stereocenters. The number of rotatable bonds is 6. The maximum absolute atomic E-state index is 4.73. The Morgan fingerprint density at radius 3 is 2.29 bits per heavy atom. The Morgan fingerprint density at radius 2 is 1.88 bits per heavy atom. The average Bonchev–Trinajstić information content (AvgIpc) is 2.41. The molecule has 0 saturated carbocycles. The molecule has 1 aliphatic rings. The van der Waals surface area contributed by atoms with Crippen LogP contribution in [-0.2, 0) is 0 Å². The molecule has 100 valence electrons. The van der Waals surface area contributed by atoms with Crippen LogP contribution in [-0.4, -0.2) is 24.0 Å². The van der Waals surface area contributed by atoms with E-state index in [1.54, 1.807) is 0 Å². The first kappa shape index (κ1) is 14.9. The lowest BCUT2D eigenvalue weighted by molar-refractivity contribution is 0.318. The molecule has 0 spiro atoms. The number of hydrogen-bond donors (Lipinski definition) is 1. The molecule has 0 saturated heterocycles. The standard InChI is InChI=1S/C14H28N2S/c1-5-12(6-2)9-15-13-16-10-14(7-3,8-4)11-17-13/h12H,5-11H2,1-4H3,(H,15,16). The number of aliphatic imine (C=N–C) groups is 1. The molecule has 0 aliphatic carbocycles. The van der Waals surface area contributed by atoms with Crippen LogP contribution in [0.1, 0.15) is 53.4 Å². The van der Waals surface area contributed by atoms with Gasteiger partial charge in [0.25, 0.3) is 0 Å². The SMILES string of the molecule is CCC(CC)CNC1=NCC(CC)(CC)CS1. The molecular formula is C14H28N2S. The Hall–Kier alpha value is -0.180.